The number of aromatic nitrogens is 3. The number of aryl methyl sites for hydroxylation is 1. The molecule has 2 aromatic rings. The van der Waals surface area contributed by atoms with E-state index in [2.05, 4.69) is 17.0 Å². The zero-order valence-electron chi connectivity index (χ0n) is 7.07. The Bertz CT molecular complexity index is 345. The predicted molar refractivity (Wildman–Crippen MR) is 47.0 cm³/mol. The van der Waals surface area contributed by atoms with Crippen molar-refractivity contribution in [3.8, 4) is 0 Å². The minimum atomic E-state index is 0.931. The number of fused-ring (bicyclic) bond motifs is 1. The summed E-state index contributed by atoms with van der Waals surface area (Å²) < 4.78 is 1.81. The first kappa shape index (κ1) is 7.28. The van der Waals surface area contributed by atoms with Gasteiger partial charge in [-0.05, 0) is 18.6 Å². The van der Waals surface area contributed by atoms with Crippen molar-refractivity contribution in [1.29, 1.82) is 0 Å². The van der Waals surface area contributed by atoms with Crippen LogP contribution < -0.4 is 0 Å². The quantitative estimate of drug-likeness (QED) is 0.670. The van der Waals surface area contributed by atoms with E-state index in [0.717, 1.165) is 24.3 Å². The second-order valence-electron chi connectivity index (χ2n) is 2.78. The minimum Gasteiger partial charge on any atom is -0.221 e. The molecule has 0 amide bonds. The first-order valence-electron chi connectivity index (χ1n) is 4.20. The highest BCUT2D eigenvalue weighted by Gasteiger charge is 1.99. The number of nitrogens with zero attached hydrogens (tertiary/aromatic N) is 3. The molecule has 2 heterocycles. The molecule has 0 unspecified atom stereocenters. The third kappa shape index (κ3) is 1.18. The number of hydrogen-bond acceptors (Lipinski definition) is 2. The molecule has 0 saturated carbocycles. The van der Waals surface area contributed by atoms with Crippen LogP contribution in [0.15, 0.2) is 24.4 Å². The average molecular weight is 161 g/mol. The van der Waals surface area contributed by atoms with Crippen LogP contribution in [0.25, 0.3) is 5.65 Å². The second-order valence-corrected chi connectivity index (χ2v) is 2.78. The van der Waals surface area contributed by atoms with Gasteiger partial charge in [-0.3, -0.25) is 0 Å². The van der Waals surface area contributed by atoms with E-state index in [0.29, 0.717) is 0 Å². The van der Waals surface area contributed by atoms with E-state index in [-0.39, 0.29) is 0 Å². The van der Waals surface area contributed by atoms with Gasteiger partial charge in [-0.25, -0.2) is 9.50 Å². The lowest BCUT2D eigenvalue weighted by Gasteiger charge is -1.85. The topological polar surface area (TPSA) is 30.2 Å². The maximum atomic E-state index is 4.35. The molecule has 0 spiro atoms. The Morgan fingerprint density at radius 2 is 2.33 bits per heavy atom. The van der Waals surface area contributed by atoms with Gasteiger partial charge in [0.1, 0.15) is 0 Å². The summed E-state index contributed by atoms with van der Waals surface area (Å²) in [5.74, 6) is 0.934. The zero-order valence-corrected chi connectivity index (χ0v) is 7.07. The van der Waals surface area contributed by atoms with E-state index in [9.17, 15) is 0 Å². The Hall–Kier alpha value is -1.38. The zero-order chi connectivity index (χ0) is 8.39. The molecule has 0 aromatic carbocycles. The summed E-state index contributed by atoms with van der Waals surface area (Å²) in [6, 6.07) is 5.89. The Labute approximate surface area is 71.1 Å². The minimum absolute atomic E-state index is 0.931. The summed E-state index contributed by atoms with van der Waals surface area (Å²) in [6.07, 6.45) is 3.97. The van der Waals surface area contributed by atoms with Crippen molar-refractivity contribution in [3.63, 3.8) is 0 Å². The SMILES string of the molecule is CCCc1nc2ccccn2n1. The molecule has 0 saturated heterocycles. The van der Waals surface area contributed by atoms with E-state index < -0.39 is 0 Å². The molecule has 0 aliphatic heterocycles. The third-order valence-corrected chi connectivity index (χ3v) is 1.76. The largest absolute Gasteiger partial charge is 0.221 e. The lowest BCUT2D eigenvalue weighted by molar-refractivity contribution is 0.819. The van der Waals surface area contributed by atoms with Crippen LogP contribution in [0.3, 0.4) is 0 Å². The summed E-state index contributed by atoms with van der Waals surface area (Å²) in [4.78, 5) is 4.35. The Balaban J connectivity index is 2.47. The third-order valence-electron chi connectivity index (χ3n) is 1.76. The van der Waals surface area contributed by atoms with Crippen molar-refractivity contribution >= 4 is 5.65 Å². The molecule has 0 radical (unpaired) electrons. The molecule has 0 aliphatic carbocycles. The summed E-state index contributed by atoms with van der Waals surface area (Å²) in [5, 5.41) is 4.31. The van der Waals surface area contributed by atoms with E-state index >= 15 is 0 Å². The Morgan fingerprint density at radius 1 is 1.42 bits per heavy atom. The molecule has 0 bridgehead atoms. The molecule has 2 rings (SSSR count). The van der Waals surface area contributed by atoms with Gasteiger partial charge < -0.3 is 0 Å². The fourth-order valence-electron chi connectivity index (χ4n) is 1.21. The van der Waals surface area contributed by atoms with Crippen LogP contribution in [0.4, 0.5) is 0 Å². The second kappa shape index (κ2) is 2.93. The highest BCUT2D eigenvalue weighted by molar-refractivity contribution is 5.36. The lowest BCUT2D eigenvalue weighted by Crippen LogP contribution is -1.87. The lowest BCUT2D eigenvalue weighted by atomic mass is 10.3. The van der Waals surface area contributed by atoms with Gasteiger partial charge in [0.05, 0.1) is 0 Å². The molecule has 12 heavy (non-hydrogen) atoms. The average Bonchev–Trinajstić information content (AvgIpc) is 2.47. The van der Waals surface area contributed by atoms with Crippen LogP contribution in [0.5, 0.6) is 0 Å². The van der Waals surface area contributed by atoms with Crippen molar-refractivity contribution in [2.45, 2.75) is 19.8 Å². The summed E-state index contributed by atoms with van der Waals surface area (Å²) in [7, 11) is 0. The van der Waals surface area contributed by atoms with Gasteiger partial charge in [0.2, 0.25) is 0 Å². The molecule has 3 nitrogen and oxygen atoms in total. The standard InChI is InChI=1S/C9H11N3/c1-2-5-8-10-9-6-3-4-7-12(9)11-8/h3-4,6-7H,2,5H2,1H3. The fraction of sp³-hybridized carbons (Fsp3) is 0.333. The molecular weight excluding hydrogens is 150 g/mol. The number of pyridine rings is 1. The first-order chi connectivity index (χ1) is 5.90. The van der Waals surface area contributed by atoms with Gasteiger partial charge in [-0.2, -0.15) is 5.10 Å². The van der Waals surface area contributed by atoms with Crippen LogP contribution in [0.2, 0.25) is 0 Å². The van der Waals surface area contributed by atoms with Gasteiger partial charge in [0.15, 0.2) is 11.5 Å². The van der Waals surface area contributed by atoms with Crippen molar-refractivity contribution in [1.82, 2.24) is 14.6 Å². The molecular formula is C9H11N3. The highest BCUT2D eigenvalue weighted by atomic mass is 15.3. The molecule has 2 aromatic heterocycles. The van der Waals surface area contributed by atoms with E-state index in [1.54, 1.807) is 0 Å². The van der Waals surface area contributed by atoms with Crippen molar-refractivity contribution in [2.24, 2.45) is 0 Å². The maximum Gasteiger partial charge on any atom is 0.155 e. The van der Waals surface area contributed by atoms with Crippen LogP contribution >= 0.6 is 0 Å². The molecule has 0 aliphatic rings. The van der Waals surface area contributed by atoms with Crippen molar-refractivity contribution in [3.05, 3.63) is 30.2 Å². The normalized spacial score (nSPS) is 10.8. The van der Waals surface area contributed by atoms with E-state index in [1.807, 2.05) is 28.9 Å². The summed E-state index contributed by atoms with van der Waals surface area (Å²) in [5.41, 5.74) is 0.931. The van der Waals surface area contributed by atoms with Gasteiger partial charge in [-0.15, -0.1) is 0 Å². The van der Waals surface area contributed by atoms with E-state index in [4.69, 9.17) is 0 Å². The molecule has 0 atom stereocenters. The van der Waals surface area contributed by atoms with Gasteiger partial charge in [0.25, 0.3) is 0 Å². The monoisotopic (exact) mass is 161 g/mol. The number of hydrogen-bond donors (Lipinski definition) is 0. The van der Waals surface area contributed by atoms with Crippen molar-refractivity contribution in [2.75, 3.05) is 0 Å². The van der Waals surface area contributed by atoms with Gasteiger partial charge >= 0.3 is 0 Å². The molecule has 0 fully saturated rings. The smallest absolute Gasteiger partial charge is 0.155 e. The van der Waals surface area contributed by atoms with E-state index in [1.165, 1.54) is 0 Å². The number of rotatable bonds is 2. The van der Waals surface area contributed by atoms with Crippen LogP contribution in [0, 0.1) is 0 Å². The summed E-state index contributed by atoms with van der Waals surface area (Å²) in [6.45, 7) is 2.13. The fourth-order valence-corrected chi connectivity index (χ4v) is 1.21. The Morgan fingerprint density at radius 3 is 3.08 bits per heavy atom. The first-order valence-corrected chi connectivity index (χ1v) is 4.20. The van der Waals surface area contributed by atoms with Crippen LogP contribution in [-0.2, 0) is 6.42 Å². The highest BCUT2D eigenvalue weighted by Crippen LogP contribution is 2.01. The van der Waals surface area contributed by atoms with Crippen LogP contribution in [0.1, 0.15) is 19.2 Å². The predicted octanol–water partition coefficient (Wildman–Crippen LogP) is 1.68. The molecule has 62 valence electrons. The van der Waals surface area contributed by atoms with Crippen LogP contribution in [-0.4, -0.2) is 14.6 Å². The van der Waals surface area contributed by atoms with Gasteiger partial charge in [0, 0.05) is 12.6 Å². The Kier molecular flexibility index (Phi) is 1.78. The van der Waals surface area contributed by atoms with Crippen molar-refractivity contribution < 1.29 is 0 Å². The van der Waals surface area contributed by atoms with Gasteiger partial charge in [-0.1, -0.05) is 13.0 Å². The molecule has 0 N–H and O–H groups in total. The summed E-state index contributed by atoms with van der Waals surface area (Å²) >= 11 is 0. The maximum absolute atomic E-state index is 4.35. The molecule has 3 heteroatoms.